The van der Waals surface area contributed by atoms with E-state index in [-0.39, 0.29) is 23.2 Å². The fourth-order valence-electron chi connectivity index (χ4n) is 6.14. The Morgan fingerprint density at radius 2 is 1.94 bits per heavy atom. The Labute approximate surface area is 202 Å². The number of hydrogen-bond acceptors (Lipinski definition) is 4. The molecule has 1 unspecified atom stereocenters. The molecule has 7 nitrogen and oxygen atoms in total. The molecule has 1 aliphatic carbocycles. The van der Waals surface area contributed by atoms with Crippen LogP contribution < -0.4 is 10.6 Å². The minimum Gasteiger partial charge on any atom is -0.381 e. The van der Waals surface area contributed by atoms with Crippen LogP contribution in [0.3, 0.4) is 0 Å². The van der Waals surface area contributed by atoms with Gasteiger partial charge in [0.25, 0.3) is 0 Å². The Balaban J connectivity index is 1.30. The summed E-state index contributed by atoms with van der Waals surface area (Å²) in [6.07, 6.45) is 6.48. The number of benzene rings is 2. The summed E-state index contributed by atoms with van der Waals surface area (Å²) in [4.78, 5) is 34.2. The monoisotopic (exact) mass is 476 g/mol. The number of carbonyl (C=O) groups is 2. The van der Waals surface area contributed by atoms with E-state index in [0.717, 1.165) is 43.4 Å². The van der Waals surface area contributed by atoms with Gasteiger partial charge < -0.3 is 20.4 Å². The zero-order chi connectivity index (χ0) is 24.0. The van der Waals surface area contributed by atoms with E-state index in [1.165, 1.54) is 6.07 Å². The molecule has 0 radical (unpaired) electrons. The molecule has 3 aromatic rings. The summed E-state index contributed by atoms with van der Waals surface area (Å²) < 4.78 is 19.8. The number of aromatic nitrogens is 2. The van der Waals surface area contributed by atoms with Gasteiger partial charge in [-0.1, -0.05) is 31.4 Å². The third-order valence-corrected chi connectivity index (χ3v) is 8.01. The van der Waals surface area contributed by atoms with Gasteiger partial charge in [0.1, 0.15) is 11.3 Å². The number of nitrogens with one attached hydrogen (secondary N) is 3. The summed E-state index contributed by atoms with van der Waals surface area (Å²) in [7, 11) is 0. The Morgan fingerprint density at radius 3 is 2.71 bits per heavy atom. The number of fused-ring (bicyclic) bond motifs is 3. The maximum atomic E-state index is 14.3. The third kappa shape index (κ3) is 3.80. The molecule has 1 aromatic heterocycles. The molecule has 1 atom stereocenters. The number of H-pyrrole nitrogens is 1. The predicted molar refractivity (Wildman–Crippen MR) is 131 cm³/mol. The number of amides is 2. The van der Waals surface area contributed by atoms with E-state index in [1.807, 2.05) is 18.2 Å². The van der Waals surface area contributed by atoms with Crippen molar-refractivity contribution in [2.45, 2.75) is 56.3 Å². The van der Waals surface area contributed by atoms with Gasteiger partial charge in [-0.15, -0.1) is 0 Å². The van der Waals surface area contributed by atoms with Gasteiger partial charge in [0.15, 0.2) is 5.82 Å². The molecule has 1 spiro atoms. The van der Waals surface area contributed by atoms with Crippen molar-refractivity contribution in [1.29, 1.82) is 0 Å². The Kier molecular flexibility index (Phi) is 5.56. The van der Waals surface area contributed by atoms with Crippen LogP contribution in [-0.2, 0) is 19.7 Å². The molecule has 3 aliphatic rings. The number of hydrogen-bond donors (Lipinski definition) is 3. The van der Waals surface area contributed by atoms with Gasteiger partial charge in [-0.05, 0) is 61.4 Å². The zero-order valence-corrected chi connectivity index (χ0v) is 19.5. The largest absolute Gasteiger partial charge is 0.381 e. The highest BCUT2D eigenvalue weighted by atomic mass is 19.1. The molecular formula is C27H29FN4O3. The van der Waals surface area contributed by atoms with Crippen molar-refractivity contribution in [3.63, 3.8) is 0 Å². The van der Waals surface area contributed by atoms with E-state index in [2.05, 4.69) is 20.6 Å². The summed E-state index contributed by atoms with van der Waals surface area (Å²) >= 11 is 0. The molecule has 8 heteroatoms. The summed E-state index contributed by atoms with van der Waals surface area (Å²) in [6.45, 7) is 1.12. The minimum absolute atomic E-state index is 0.00339. The van der Waals surface area contributed by atoms with Gasteiger partial charge in [-0.2, -0.15) is 0 Å². The lowest BCUT2D eigenvalue weighted by Gasteiger charge is -2.31. The number of carbonyl (C=O) groups excluding carboxylic acids is 2. The molecule has 1 saturated carbocycles. The number of ether oxygens (including phenoxy) is 1. The highest BCUT2D eigenvalue weighted by molar-refractivity contribution is 6.07. The SMILES string of the molecule is O=C(Nc1ccc2c(c1)NC(=O)C21CCOCC1)C(c1nc2c(F)cccc2[nH]1)C1CCCCC1. The van der Waals surface area contributed by atoms with Gasteiger partial charge in [-0.3, -0.25) is 9.59 Å². The van der Waals surface area contributed by atoms with Crippen LogP contribution in [0.4, 0.5) is 15.8 Å². The van der Waals surface area contributed by atoms with Crippen LogP contribution in [0.5, 0.6) is 0 Å². The zero-order valence-electron chi connectivity index (χ0n) is 19.5. The van der Waals surface area contributed by atoms with Crippen LogP contribution >= 0.6 is 0 Å². The molecular weight excluding hydrogens is 447 g/mol. The van der Waals surface area contributed by atoms with Crippen molar-refractivity contribution in [1.82, 2.24) is 9.97 Å². The van der Waals surface area contributed by atoms with Gasteiger partial charge in [-0.25, -0.2) is 9.37 Å². The predicted octanol–water partition coefficient (Wildman–Crippen LogP) is 5.00. The first kappa shape index (κ1) is 22.2. The molecule has 0 bridgehead atoms. The lowest BCUT2D eigenvalue weighted by molar-refractivity contribution is -0.124. The second-order valence-electron chi connectivity index (χ2n) is 10.0. The molecule has 2 aromatic carbocycles. The number of anilines is 2. The van der Waals surface area contributed by atoms with E-state index < -0.39 is 17.2 Å². The number of para-hydroxylation sites is 1. The van der Waals surface area contributed by atoms with Gasteiger partial charge >= 0.3 is 0 Å². The van der Waals surface area contributed by atoms with Gasteiger partial charge in [0.05, 0.1) is 16.8 Å². The van der Waals surface area contributed by atoms with Crippen LogP contribution in [-0.4, -0.2) is 35.0 Å². The Hall–Kier alpha value is -3.26. The second-order valence-corrected chi connectivity index (χ2v) is 10.0. The van der Waals surface area contributed by atoms with Crippen LogP contribution in [0.2, 0.25) is 0 Å². The van der Waals surface area contributed by atoms with Crippen LogP contribution in [0.1, 0.15) is 62.3 Å². The Bertz CT molecular complexity index is 1290. The molecule has 1 saturated heterocycles. The molecule has 3 heterocycles. The van der Waals surface area contributed by atoms with E-state index >= 15 is 0 Å². The lowest BCUT2D eigenvalue weighted by atomic mass is 9.75. The molecule has 35 heavy (non-hydrogen) atoms. The van der Waals surface area contributed by atoms with Gasteiger partial charge in [0.2, 0.25) is 11.8 Å². The minimum atomic E-state index is -0.543. The van der Waals surface area contributed by atoms with E-state index in [0.29, 0.717) is 43.1 Å². The van der Waals surface area contributed by atoms with Crippen molar-refractivity contribution in [2.75, 3.05) is 23.8 Å². The number of aromatic amines is 1. The number of halogens is 1. The fraction of sp³-hybridized carbons (Fsp3) is 0.444. The smallest absolute Gasteiger partial charge is 0.235 e. The number of nitrogens with zero attached hydrogens (tertiary/aromatic N) is 1. The van der Waals surface area contributed by atoms with Crippen molar-refractivity contribution in [3.8, 4) is 0 Å². The molecule has 182 valence electrons. The van der Waals surface area contributed by atoms with Crippen LogP contribution in [0, 0.1) is 11.7 Å². The van der Waals surface area contributed by atoms with Crippen LogP contribution in [0.25, 0.3) is 11.0 Å². The van der Waals surface area contributed by atoms with Crippen LogP contribution in [0.15, 0.2) is 36.4 Å². The highest BCUT2D eigenvalue weighted by Gasteiger charge is 2.47. The van der Waals surface area contributed by atoms with Crippen molar-refractivity contribution in [3.05, 3.63) is 53.6 Å². The third-order valence-electron chi connectivity index (χ3n) is 8.01. The molecule has 6 rings (SSSR count). The summed E-state index contributed by atoms with van der Waals surface area (Å²) in [5.74, 6) is -0.432. The highest BCUT2D eigenvalue weighted by Crippen LogP contribution is 2.45. The van der Waals surface area contributed by atoms with Gasteiger partial charge in [0, 0.05) is 24.6 Å². The standard InChI is InChI=1S/C27H29FN4O3/c28-19-7-4-8-20-23(19)32-24(30-20)22(16-5-2-1-3-6-16)25(33)29-17-9-10-18-21(15-17)31-26(34)27(18)11-13-35-14-12-27/h4,7-10,15-16,22H,1-3,5-6,11-14H2,(H,29,33)(H,30,32)(H,31,34). The summed E-state index contributed by atoms with van der Waals surface area (Å²) in [6, 6.07) is 10.4. The lowest BCUT2D eigenvalue weighted by Crippen LogP contribution is -2.39. The first-order valence-corrected chi connectivity index (χ1v) is 12.5. The van der Waals surface area contributed by atoms with E-state index in [1.54, 1.807) is 12.1 Å². The van der Waals surface area contributed by atoms with Crippen molar-refractivity contribution >= 4 is 34.2 Å². The Morgan fingerprint density at radius 1 is 1.14 bits per heavy atom. The summed E-state index contributed by atoms with van der Waals surface area (Å²) in [5.41, 5.74) is 2.66. The first-order chi connectivity index (χ1) is 17.0. The topological polar surface area (TPSA) is 96.1 Å². The molecule has 2 amide bonds. The fourth-order valence-corrected chi connectivity index (χ4v) is 6.14. The molecule has 3 N–H and O–H groups in total. The quantitative estimate of drug-likeness (QED) is 0.494. The number of rotatable bonds is 4. The van der Waals surface area contributed by atoms with Crippen molar-refractivity contribution < 1.29 is 18.7 Å². The normalized spacial score (nSPS) is 20.5. The maximum Gasteiger partial charge on any atom is 0.235 e. The first-order valence-electron chi connectivity index (χ1n) is 12.5. The molecule has 2 fully saturated rings. The molecule has 2 aliphatic heterocycles. The maximum absolute atomic E-state index is 14.3. The van der Waals surface area contributed by atoms with E-state index in [9.17, 15) is 14.0 Å². The number of imidazole rings is 1. The average Bonchev–Trinajstić information content (AvgIpc) is 3.40. The summed E-state index contributed by atoms with van der Waals surface area (Å²) in [5, 5.41) is 6.08. The second kappa shape index (κ2) is 8.75. The average molecular weight is 477 g/mol. The van der Waals surface area contributed by atoms with Crippen molar-refractivity contribution in [2.24, 2.45) is 5.92 Å². The van der Waals surface area contributed by atoms with E-state index in [4.69, 9.17) is 4.74 Å².